The monoisotopic (exact) mass is 242 g/mol. The minimum Gasteiger partial charge on any atom is -0.497 e. The van der Waals surface area contributed by atoms with E-state index in [0.29, 0.717) is 5.57 Å². The highest BCUT2D eigenvalue weighted by atomic mass is 32.2. The van der Waals surface area contributed by atoms with Gasteiger partial charge in [0.25, 0.3) is 10.1 Å². The molecule has 4 nitrogen and oxygen atoms in total. The summed E-state index contributed by atoms with van der Waals surface area (Å²) >= 11 is 0. The van der Waals surface area contributed by atoms with Crippen molar-refractivity contribution in [2.75, 3.05) is 12.9 Å². The van der Waals surface area contributed by atoms with Gasteiger partial charge >= 0.3 is 0 Å². The molecule has 0 spiro atoms. The van der Waals surface area contributed by atoms with Gasteiger partial charge in [-0.25, -0.2) is 0 Å². The zero-order valence-corrected chi connectivity index (χ0v) is 9.99. The molecular weight excluding hydrogens is 228 g/mol. The highest BCUT2D eigenvalue weighted by Crippen LogP contribution is 2.14. The Labute approximate surface area is 95.3 Å². The number of benzene rings is 1. The summed E-state index contributed by atoms with van der Waals surface area (Å²) in [5.41, 5.74) is 1.44. The van der Waals surface area contributed by atoms with E-state index in [1.54, 1.807) is 32.2 Å². The normalized spacial score (nSPS) is 12.6. The Morgan fingerprint density at radius 1 is 1.38 bits per heavy atom. The molecule has 0 saturated carbocycles. The van der Waals surface area contributed by atoms with Crippen LogP contribution < -0.4 is 4.74 Å². The Kier molecular flexibility index (Phi) is 4.09. The third kappa shape index (κ3) is 4.46. The minimum atomic E-state index is -3.95. The van der Waals surface area contributed by atoms with Crippen LogP contribution in [0.15, 0.2) is 29.8 Å². The molecule has 0 radical (unpaired) electrons. The Bertz CT molecular complexity index is 471. The number of methoxy groups -OCH3 is 1. The van der Waals surface area contributed by atoms with Gasteiger partial charge in [-0.2, -0.15) is 8.42 Å². The molecule has 0 aliphatic carbocycles. The standard InChI is InChI=1S/C11H14O4S/c1-9(8-16(12,13)14)7-10-3-5-11(15-2)6-4-10/h3-7H,8H2,1-2H3,(H,12,13,14)/b9-7+. The minimum absolute atomic E-state index is 0.348. The fourth-order valence-electron chi connectivity index (χ4n) is 1.31. The van der Waals surface area contributed by atoms with Gasteiger partial charge in [-0.05, 0) is 24.6 Å². The predicted octanol–water partition coefficient (Wildman–Crippen LogP) is 1.99. The van der Waals surface area contributed by atoms with Gasteiger partial charge in [0.05, 0.1) is 12.9 Å². The third-order valence-corrected chi connectivity index (χ3v) is 2.76. The first kappa shape index (κ1) is 12.7. The third-order valence-electron chi connectivity index (χ3n) is 1.94. The van der Waals surface area contributed by atoms with Crippen LogP contribution in [-0.4, -0.2) is 25.8 Å². The van der Waals surface area contributed by atoms with E-state index in [4.69, 9.17) is 9.29 Å². The molecule has 16 heavy (non-hydrogen) atoms. The molecule has 0 fully saturated rings. The van der Waals surface area contributed by atoms with Gasteiger partial charge in [0.15, 0.2) is 0 Å². The van der Waals surface area contributed by atoms with E-state index in [9.17, 15) is 8.42 Å². The average molecular weight is 242 g/mol. The second kappa shape index (κ2) is 5.14. The molecule has 0 amide bonds. The quantitative estimate of drug-likeness (QED) is 0.820. The Hall–Kier alpha value is -1.33. The fraction of sp³-hybridized carbons (Fsp3) is 0.273. The van der Waals surface area contributed by atoms with Crippen molar-refractivity contribution in [3.63, 3.8) is 0 Å². The van der Waals surface area contributed by atoms with Crippen molar-refractivity contribution in [1.29, 1.82) is 0 Å². The molecule has 0 aromatic heterocycles. The SMILES string of the molecule is COc1ccc(/C=C(\C)CS(=O)(=O)O)cc1. The lowest BCUT2D eigenvalue weighted by Gasteiger charge is -2.01. The van der Waals surface area contributed by atoms with Crippen LogP contribution in [0.5, 0.6) is 5.75 Å². The van der Waals surface area contributed by atoms with Crippen molar-refractivity contribution in [2.24, 2.45) is 0 Å². The van der Waals surface area contributed by atoms with Crippen LogP contribution in [0, 0.1) is 0 Å². The summed E-state index contributed by atoms with van der Waals surface area (Å²) in [6.45, 7) is 1.65. The molecule has 88 valence electrons. The maximum atomic E-state index is 10.6. The first-order chi connectivity index (χ1) is 7.40. The van der Waals surface area contributed by atoms with Crippen LogP contribution >= 0.6 is 0 Å². The molecular formula is C11H14O4S. The van der Waals surface area contributed by atoms with Crippen molar-refractivity contribution in [1.82, 2.24) is 0 Å². The summed E-state index contributed by atoms with van der Waals surface area (Å²) in [6, 6.07) is 7.19. The van der Waals surface area contributed by atoms with E-state index in [2.05, 4.69) is 0 Å². The second-order valence-electron chi connectivity index (χ2n) is 3.49. The summed E-state index contributed by atoms with van der Waals surface area (Å²) in [6.07, 6.45) is 1.70. The van der Waals surface area contributed by atoms with Gasteiger partial charge in [-0.15, -0.1) is 0 Å². The van der Waals surface area contributed by atoms with Gasteiger partial charge in [0, 0.05) is 0 Å². The van der Waals surface area contributed by atoms with E-state index < -0.39 is 10.1 Å². The van der Waals surface area contributed by atoms with Gasteiger partial charge in [0.1, 0.15) is 5.75 Å². The maximum Gasteiger partial charge on any atom is 0.268 e. The van der Waals surface area contributed by atoms with Crippen molar-refractivity contribution in [2.45, 2.75) is 6.92 Å². The van der Waals surface area contributed by atoms with Crippen LogP contribution in [0.1, 0.15) is 12.5 Å². The van der Waals surface area contributed by atoms with Crippen molar-refractivity contribution < 1.29 is 17.7 Å². The lowest BCUT2D eigenvalue weighted by molar-refractivity contribution is 0.415. The van der Waals surface area contributed by atoms with Crippen molar-refractivity contribution in [3.05, 3.63) is 35.4 Å². The van der Waals surface area contributed by atoms with Crippen LogP contribution in [0.3, 0.4) is 0 Å². The number of ether oxygens (including phenoxy) is 1. The molecule has 0 heterocycles. The molecule has 0 unspecified atom stereocenters. The molecule has 0 bridgehead atoms. The van der Waals surface area contributed by atoms with Crippen LogP contribution in [0.2, 0.25) is 0 Å². The number of rotatable bonds is 4. The summed E-state index contributed by atoms with van der Waals surface area (Å²) in [5.74, 6) is 0.392. The topological polar surface area (TPSA) is 63.6 Å². The molecule has 1 aromatic rings. The van der Waals surface area contributed by atoms with Gasteiger partial charge < -0.3 is 4.74 Å². The lowest BCUT2D eigenvalue weighted by atomic mass is 10.1. The van der Waals surface area contributed by atoms with Gasteiger partial charge in [0.2, 0.25) is 0 Å². The van der Waals surface area contributed by atoms with Gasteiger partial charge in [-0.3, -0.25) is 4.55 Å². The largest absolute Gasteiger partial charge is 0.497 e. The van der Waals surface area contributed by atoms with E-state index in [0.717, 1.165) is 11.3 Å². The fourth-order valence-corrected chi connectivity index (χ4v) is 1.97. The molecule has 0 atom stereocenters. The number of hydrogen-bond donors (Lipinski definition) is 1. The number of hydrogen-bond acceptors (Lipinski definition) is 3. The maximum absolute atomic E-state index is 10.6. The van der Waals surface area contributed by atoms with Crippen molar-refractivity contribution in [3.8, 4) is 5.75 Å². The first-order valence-corrected chi connectivity index (χ1v) is 6.28. The van der Waals surface area contributed by atoms with E-state index in [1.807, 2.05) is 12.1 Å². The summed E-state index contributed by atoms with van der Waals surface area (Å²) < 4.78 is 34.9. The lowest BCUT2D eigenvalue weighted by Crippen LogP contribution is -2.04. The van der Waals surface area contributed by atoms with Crippen LogP contribution in [0.4, 0.5) is 0 Å². The summed E-state index contributed by atoms with van der Waals surface area (Å²) in [5, 5.41) is 0. The second-order valence-corrected chi connectivity index (χ2v) is 4.94. The zero-order valence-electron chi connectivity index (χ0n) is 9.17. The molecule has 5 heteroatoms. The molecule has 1 aromatic carbocycles. The molecule has 0 aliphatic heterocycles. The molecule has 0 saturated heterocycles. The summed E-state index contributed by atoms with van der Waals surface area (Å²) in [7, 11) is -2.37. The van der Waals surface area contributed by atoms with Crippen LogP contribution in [0.25, 0.3) is 6.08 Å². The van der Waals surface area contributed by atoms with Crippen molar-refractivity contribution >= 4 is 16.2 Å². The average Bonchev–Trinajstić information content (AvgIpc) is 2.16. The Morgan fingerprint density at radius 3 is 2.38 bits per heavy atom. The smallest absolute Gasteiger partial charge is 0.268 e. The molecule has 1 rings (SSSR count). The van der Waals surface area contributed by atoms with E-state index >= 15 is 0 Å². The van der Waals surface area contributed by atoms with Crippen LogP contribution in [-0.2, 0) is 10.1 Å². The van der Waals surface area contributed by atoms with E-state index in [-0.39, 0.29) is 5.75 Å². The highest BCUT2D eigenvalue weighted by molar-refractivity contribution is 7.86. The predicted molar refractivity (Wildman–Crippen MR) is 63.1 cm³/mol. The summed E-state index contributed by atoms with van der Waals surface area (Å²) in [4.78, 5) is 0. The molecule has 0 aliphatic rings. The first-order valence-electron chi connectivity index (χ1n) is 4.67. The van der Waals surface area contributed by atoms with Gasteiger partial charge in [-0.1, -0.05) is 23.8 Å². The zero-order chi connectivity index (χ0) is 12.2. The van der Waals surface area contributed by atoms with E-state index in [1.165, 1.54) is 0 Å². The Morgan fingerprint density at radius 2 is 1.94 bits per heavy atom. The molecule has 1 N–H and O–H groups in total. The highest BCUT2D eigenvalue weighted by Gasteiger charge is 2.05. The Balaban J connectivity index is 2.82.